The third-order valence-corrected chi connectivity index (χ3v) is 18.3. The third-order valence-electron chi connectivity index (χ3n) is 5.42. The molecular weight excluding hydrogens is 349 g/mol. The summed E-state index contributed by atoms with van der Waals surface area (Å²) in [6, 6.07) is 29.7. The molecule has 0 aliphatic heterocycles. The van der Waals surface area contributed by atoms with E-state index in [2.05, 4.69) is 105 Å². The van der Waals surface area contributed by atoms with Gasteiger partial charge < -0.3 is 0 Å². The first-order valence-corrected chi connectivity index (χ1v) is 18.3. The Morgan fingerprint density at radius 1 is 0.440 bits per heavy atom. The molecule has 0 saturated carbocycles. The van der Waals surface area contributed by atoms with Crippen molar-refractivity contribution in [2.24, 2.45) is 0 Å². The Morgan fingerprint density at radius 3 is 1.32 bits per heavy atom. The molecule has 0 fully saturated rings. The molecule has 3 aromatic carbocycles. The van der Waals surface area contributed by atoms with Gasteiger partial charge in [0.1, 0.15) is 0 Å². The van der Waals surface area contributed by atoms with Crippen molar-refractivity contribution in [3.8, 4) is 11.1 Å². The van der Waals surface area contributed by atoms with Gasteiger partial charge in [0.25, 0.3) is 0 Å². The molecule has 3 rings (SSSR count). The molecule has 2 unspecified atom stereocenters. The smallest absolute Gasteiger partial charge is 0.0647 e. The average Bonchev–Trinajstić information content (AvgIpc) is 2.67. The fourth-order valence-electron chi connectivity index (χ4n) is 3.37. The highest BCUT2D eigenvalue weighted by atomic mass is 29.2. The molecular formula is C22H28Si3. The summed E-state index contributed by atoms with van der Waals surface area (Å²) in [5.41, 5.74) is 2.63. The third kappa shape index (κ3) is 4.29. The minimum Gasteiger partial charge on any atom is -0.0699 e. The predicted molar refractivity (Wildman–Crippen MR) is 122 cm³/mol. The summed E-state index contributed by atoms with van der Waals surface area (Å²) in [7, 11) is -2.43. The van der Waals surface area contributed by atoms with Crippen LogP contribution in [0.2, 0.25) is 26.2 Å². The van der Waals surface area contributed by atoms with Gasteiger partial charge in [-0.15, -0.1) is 0 Å². The van der Waals surface area contributed by atoms with Crippen LogP contribution in [0.15, 0.2) is 78.9 Å². The molecule has 128 valence electrons. The summed E-state index contributed by atoms with van der Waals surface area (Å²) in [5, 5.41) is 4.84. The molecule has 0 bridgehead atoms. The van der Waals surface area contributed by atoms with Crippen molar-refractivity contribution in [2.75, 3.05) is 0 Å². The van der Waals surface area contributed by atoms with E-state index in [1.165, 1.54) is 11.1 Å². The SMILES string of the molecule is C[SiH](C)c1ccc([SiH](C)[SiH](C)c2ccc(-c3ccccc3)cc2)cc1. The average molecular weight is 377 g/mol. The summed E-state index contributed by atoms with van der Waals surface area (Å²) in [4.78, 5) is 0. The molecule has 0 aliphatic rings. The summed E-state index contributed by atoms with van der Waals surface area (Å²) in [6.45, 7) is 9.90. The molecule has 2 atom stereocenters. The topological polar surface area (TPSA) is 0 Å². The maximum Gasteiger partial charge on any atom is 0.0647 e. The van der Waals surface area contributed by atoms with Gasteiger partial charge in [-0.05, 0) is 11.1 Å². The Hall–Kier alpha value is -1.69. The maximum atomic E-state index is 2.55. The van der Waals surface area contributed by atoms with Crippen LogP contribution in [0.3, 0.4) is 0 Å². The molecule has 0 radical (unpaired) electrons. The second-order valence-corrected chi connectivity index (χ2v) is 20.9. The van der Waals surface area contributed by atoms with Crippen molar-refractivity contribution < 1.29 is 0 Å². The minimum absolute atomic E-state index is 0.674. The van der Waals surface area contributed by atoms with Crippen molar-refractivity contribution in [2.45, 2.75) is 26.2 Å². The number of hydrogen-bond acceptors (Lipinski definition) is 0. The monoisotopic (exact) mass is 376 g/mol. The standard InChI is InChI=1S/C22H28Si3/c1-23(2)20-14-16-22(17-15-20)25(4)24(3)21-12-10-19(11-13-21)18-8-6-5-7-9-18/h5-17,23-25H,1-4H3. The zero-order valence-corrected chi connectivity index (χ0v) is 19.2. The van der Waals surface area contributed by atoms with E-state index in [1.807, 2.05) is 0 Å². The van der Waals surface area contributed by atoms with Gasteiger partial charge in [-0.3, -0.25) is 0 Å². The quantitative estimate of drug-likeness (QED) is 0.601. The van der Waals surface area contributed by atoms with Crippen molar-refractivity contribution in [3.05, 3.63) is 78.9 Å². The Labute approximate surface area is 157 Å². The normalized spacial score (nSPS) is 13.6. The first kappa shape index (κ1) is 18.1. The number of hydrogen-bond donors (Lipinski definition) is 0. The predicted octanol–water partition coefficient (Wildman–Crippen LogP) is 2.95. The summed E-state index contributed by atoms with van der Waals surface area (Å²) in [5.74, 6) is 0. The van der Waals surface area contributed by atoms with E-state index in [9.17, 15) is 0 Å². The highest BCUT2D eigenvalue weighted by Crippen LogP contribution is 2.17. The summed E-state index contributed by atoms with van der Waals surface area (Å²) >= 11 is 0. The van der Waals surface area contributed by atoms with Crippen molar-refractivity contribution >= 4 is 41.0 Å². The Morgan fingerprint density at radius 2 is 0.840 bits per heavy atom. The zero-order valence-electron chi connectivity index (χ0n) is 15.7. The van der Waals surface area contributed by atoms with Crippen molar-refractivity contribution in [3.63, 3.8) is 0 Å². The Balaban J connectivity index is 1.76. The van der Waals surface area contributed by atoms with Crippen LogP contribution < -0.4 is 15.6 Å². The van der Waals surface area contributed by atoms with Crippen LogP contribution in [0, 0.1) is 0 Å². The molecule has 0 amide bonds. The van der Waals surface area contributed by atoms with Crippen molar-refractivity contribution in [1.29, 1.82) is 0 Å². The van der Waals surface area contributed by atoms with Gasteiger partial charge in [-0.25, -0.2) is 0 Å². The van der Waals surface area contributed by atoms with E-state index in [1.54, 1.807) is 15.6 Å². The minimum atomic E-state index is -0.886. The zero-order chi connectivity index (χ0) is 17.8. The molecule has 0 aliphatic carbocycles. The van der Waals surface area contributed by atoms with E-state index < -0.39 is 25.4 Å². The van der Waals surface area contributed by atoms with Crippen LogP contribution in [-0.4, -0.2) is 25.4 Å². The maximum absolute atomic E-state index is 2.55. The number of rotatable bonds is 5. The van der Waals surface area contributed by atoms with E-state index >= 15 is 0 Å². The first-order chi connectivity index (χ1) is 12.1. The lowest BCUT2D eigenvalue weighted by molar-refractivity contribution is 1.63. The summed E-state index contributed by atoms with van der Waals surface area (Å²) < 4.78 is 0. The molecule has 0 N–H and O–H groups in total. The lowest BCUT2D eigenvalue weighted by Crippen LogP contribution is -2.49. The van der Waals surface area contributed by atoms with Crippen LogP contribution in [-0.2, 0) is 0 Å². The van der Waals surface area contributed by atoms with Crippen LogP contribution >= 0.6 is 0 Å². The molecule has 25 heavy (non-hydrogen) atoms. The first-order valence-electron chi connectivity index (χ1n) is 9.31. The van der Waals surface area contributed by atoms with Gasteiger partial charge in [-0.1, -0.05) is 121 Å². The lowest BCUT2D eigenvalue weighted by Gasteiger charge is -2.19. The molecule has 0 saturated heterocycles. The molecule has 0 nitrogen and oxygen atoms in total. The Bertz CT molecular complexity index is 793. The highest BCUT2D eigenvalue weighted by Gasteiger charge is 2.19. The van der Waals surface area contributed by atoms with E-state index in [0.717, 1.165) is 0 Å². The Kier molecular flexibility index (Phi) is 5.89. The summed E-state index contributed by atoms with van der Waals surface area (Å²) in [6.07, 6.45) is 0. The van der Waals surface area contributed by atoms with Gasteiger partial charge in [0, 0.05) is 0 Å². The molecule has 3 aromatic rings. The van der Waals surface area contributed by atoms with Gasteiger partial charge in [0.2, 0.25) is 0 Å². The van der Waals surface area contributed by atoms with Gasteiger partial charge >= 0.3 is 0 Å². The van der Waals surface area contributed by atoms with Crippen LogP contribution in [0.25, 0.3) is 11.1 Å². The second kappa shape index (κ2) is 8.13. The van der Waals surface area contributed by atoms with Crippen LogP contribution in [0.4, 0.5) is 0 Å². The molecule has 0 aromatic heterocycles. The van der Waals surface area contributed by atoms with Crippen LogP contribution in [0.5, 0.6) is 0 Å². The fraction of sp³-hybridized carbons (Fsp3) is 0.182. The highest BCUT2D eigenvalue weighted by molar-refractivity contribution is 7.32. The molecule has 3 heteroatoms. The number of benzene rings is 3. The van der Waals surface area contributed by atoms with Crippen molar-refractivity contribution in [1.82, 2.24) is 0 Å². The molecule has 0 heterocycles. The van der Waals surface area contributed by atoms with E-state index in [0.29, 0.717) is 0 Å². The fourth-order valence-corrected chi connectivity index (χ4v) is 11.9. The second-order valence-electron chi connectivity index (χ2n) is 7.39. The van der Waals surface area contributed by atoms with Gasteiger partial charge in [0.05, 0.1) is 25.4 Å². The largest absolute Gasteiger partial charge is 0.0699 e. The van der Waals surface area contributed by atoms with E-state index in [4.69, 9.17) is 0 Å². The van der Waals surface area contributed by atoms with Crippen LogP contribution in [0.1, 0.15) is 0 Å². The molecule has 0 spiro atoms. The van der Waals surface area contributed by atoms with Gasteiger partial charge in [0.15, 0.2) is 0 Å². The van der Waals surface area contributed by atoms with E-state index in [-0.39, 0.29) is 0 Å². The lowest BCUT2D eigenvalue weighted by atomic mass is 10.1. The van der Waals surface area contributed by atoms with Gasteiger partial charge in [-0.2, -0.15) is 0 Å².